The number of benzene rings is 3. The van der Waals surface area contributed by atoms with Crippen LogP contribution in [0.15, 0.2) is 92.6 Å². The number of nitrogens with one attached hydrogen (secondary N) is 1. The molecule has 2 N–H and O–H groups in total. The minimum atomic E-state index is -1.14. The fraction of sp³-hybridized carbons (Fsp3) is 0. The van der Waals surface area contributed by atoms with Crippen LogP contribution < -0.4 is 0 Å². The van der Waals surface area contributed by atoms with E-state index >= 15 is 0 Å². The number of aromatic amines is 1. The van der Waals surface area contributed by atoms with Gasteiger partial charge < -0.3 is 10.1 Å². The summed E-state index contributed by atoms with van der Waals surface area (Å²) in [5.41, 5.74) is 1.87. The summed E-state index contributed by atoms with van der Waals surface area (Å²) >= 11 is 2.24. The van der Waals surface area contributed by atoms with E-state index in [1.807, 2.05) is 54.6 Å². The van der Waals surface area contributed by atoms with Crippen molar-refractivity contribution in [1.82, 2.24) is 9.97 Å². The van der Waals surface area contributed by atoms with E-state index in [0.29, 0.717) is 15.6 Å². The van der Waals surface area contributed by atoms with E-state index in [-0.39, 0.29) is 10.6 Å². The number of nitro groups is 1. The highest BCUT2D eigenvalue weighted by Gasteiger charge is 2.18. The predicted molar refractivity (Wildman–Crippen MR) is 121 cm³/mol. The predicted octanol–water partition coefficient (Wildman–Crippen LogP) is 5.84. The van der Waals surface area contributed by atoms with Crippen molar-refractivity contribution in [2.24, 2.45) is 0 Å². The van der Waals surface area contributed by atoms with E-state index in [2.05, 4.69) is 9.97 Å². The molecule has 0 saturated heterocycles. The maximum absolute atomic E-state index is 11.8. The number of carbonyl (C=O) groups is 1. The number of nitro benzene ring substituents is 1. The zero-order chi connectivity index (χ0) is 21.8. The van der Waals surface area contributed by atoms with Crippen LogP contribution in [0.25, 0.3) is 17.1 Å². The van der Waals surface area contributed by atoms with E-state index < -0.39 is 10.9 Å². The molecule has 3 aromatic carbocycles. The summed E-state index contributed by atoms with van der Waals surface area (Å²) < 4.78 is 0. The van der Waals surface area contributed by atoms with E-state index in [0.717, 1.165) is 27.7 Å². The summed E-state index contributed by atoms with van der Waals surface area (Å²) in [6.07, 6.45) is 1.41. The highest BCUT2D eigenvalue weighted by Crippen LogP contribution is 2.36. The van der Waals surface area contributed by atoms with Crippen LogP contribution in [0.5, 0.6) is 0 Å². The standard InChI is InChI=1S/C22H15N3O4S2/c26-21(27)20(31-22-23-16-8-4-5-9-17(16)24-22)13-14-10-11-19(18(12-14)25(28)29)30-15-6-2-1-3-7-15/h1-13H,(H,23,24)(H,26,27)/b20-13+. The molecule has 9 heteroatoms. The van der Waals surface area contributed by atoms with Gasteiger partial charge in [-0.25, -0.2) is 9.78 Å². The zero-order valence-electron chi connectivity index (χ0n) is 15.9. The number of rotatable bonds is 7. The average molecular weight is 450 g/mol. The molecule has 0 atom stereocenters. The lowest BCUT2D eigenvalue weighted by atomic mass is 10.2. The van der Waals surface area contributed by atoms with E-state index in [4.69, 9.17) is 0 Å². The highest BCUT2D eigenvalue weighted by atomic mass is 32.2. The number of thioether (sulfide) groups is 1. The number of H-pyrrole nitrogens is 1. The van der Waals surface area contributed by atoms with Gasteiger partial charge in [-0.2, -0.15) is 0 Å². The number of hydrogen-bond donors (Lipinski definition) is 2. The maximum Gasteiger partial charge on any atom is 0.342 e. The Kier molecular flexibility index (Phi) is 6.06. The summed E-state index contributed by atoms with van der Waals surface area (Å²) in [5.74, 6) is -1.14. The number of fused-ring (bicyclic) bond motifs is 1. The van der Waals surface area contributed by atoms with Gasteiger partial charge in [-0.1, -0.05) is 48.2 Å². The second-order valence-electron chi connectivity index (χ2n) is 6.37. The first kappa shape index (κ1) is 20.7. The Morgan fingerprint density at radius 3 is 2.52 bits per heavy atom. The first-order valence-electron chi connectivity index (χ1n) is 9.08. The topological polar surface area (TPSA) is 109 Å². The van der Waals surface area contributed by atoms with E-state index in [1.165, 1.54) is 23.9 Å². The minimum Gasteiger partial charge on any atom is -0.477 e. The van der Waals surface area contributed by atoms with Gasteiger partial charge in [0.15, 0.2) is 5.16 Å². The summed E-state index contributed by atoms with van der Waals surface area (Å²) in [7, 11) is 0. The lowest BCUT2D eigenvalue weighted by molar-refractivity contribution is -0.387. The first-order valence-corrected chi connectivity index (χ1v) is 10.7. The largest absolute Gasteiger partial charge is 0.477 e. The summed E-state index contributed by atoms with van der Waals surface area (Å²) in [6, 6.07) is 21.4. The van der Waals surface area contributed by atoms with E-state index in [1.54, 1.807) is 12.1 Å². The molecule has 0 bridgehead atoms. The zero-order valence-corrected chi connectivity index (χ0v) is 17.5. The van der Waals surface area contributed by atoms with Crippen molar-refractivity contribution in [2.45, 2.75) is 14.9 Å². The van der Waals surface area contributed by atoms with Crippen molar-refractivity contribution in [2.75, 3.05) is 0 Å². The molecule has 1 heterocycles. The molecule has 0 spiro atoms. The number of carboxylic acid groups (broad SMARTS) is 1. The fourth-order valence-corrected chi connectivity index (χ4v) is 4.55. The van der Waals surface area contributed by atoms with E-state index in [9.17, 15) is 20.0 Å². The monoisotopic (exact) mass is 449 g/mol. The van der Waals surface area contributed by atoms with Crippen LogP contribution in [0.3, 0.4) is 0 Å². The number of hydrogen-bond acceptors (Lipinski definition) is 6. The molecule has 0 radical (unpaired) electrons. The summed E-state index contributed by atoms with van der Waals surface area (Å²) in [5, 5.41) is 21.7. The Balaban J connectivity index is 1.64. The molecule has 4 aromatic rings. The van der Waals surface area contributed by atoms with Crippen LogP contribution in [0.2, 0.25) is 0 Å². The molecule has 1 aromatic heterocycles. The molecule has 0 fully saturated rings. The third kappa shape index (κ3) is 4.96. The highest BCUT2D eigenvalue weighted by molar-refractivity contribution is 8.04. The SMILES string of the molecule is O=C(O)/C(=C\c1ccc(Sc2ccccc2)c([N+](=O)[O-])c1)Sc1nc2ccccc2[nH]1. The van der Waals surface area contributed by atoms with Gasteiger partial charge in [-0.15, -0.1) is 0 Å². The molecule has 0 saturated carbocycles. The van der Waals surface area contributed by atoms with Crippen LogP contribution >= 0.6 is 23.5 Å². The first-order chi connectivity index (χ1) is 15.0. The van der Waals surface area contributed by atoms with Gasteiger partial charge >= 0.3 is 5.97 Å². The number of para-hydroxylation sites is 2. The lowest BCUT2D eigenvalue weighted by Crippen LogP contribution is -1.98. The van der Waals surface area contributed by atoms with Crippen molar-refractivity contribution >= 4 is 52.3 Å². The number of aliphatic carboxylic acids is 1. The molecule has 154 valence electrons. The number of imidazole rings is 1. The van der Waals surface area contributed by atoms with Crippen LogP contribution in [0.1, 0.15) is 5.56 Å². The summed E-state index contributed by atoms with van der Waals surface area (Å²) in [4.78, 5) is 31.7. The van der Waals surface area contributed by atoms with Gasteiger partial charge in [-0.3, -0.25) is 10.1 Å². The van der Waals surface area contributed by atoms with Crippen LogP contribution in [0, 0.1) is 10.1 Å². The molecule has 4 rings (SSSR count). The average Bonchev–Trinajstić information content (AvgIpc) is 3.17. The lowest BCUT2D eigenvalue weighted by Gasteiger charge is -2.05. The Bertz CT molecular complexity index is 1270. The van der Waals surface area contributed by atoms with Crippen molar-refractivity contribution < 1.29 is 14.8 Å². The van der Waals surface area contributed by atoms with Gasteiger partial charge in [0, 0.05) is 11.0 Å². The van der Waals surface area contributed by atoms with Crippen molar-refractivity contribution in [3.8, 4) is 0 Å². The third-order valence-corrected chi connectivity index (χ3v) is 6.21. The molecule has 0 aliphatic rings. The second-order valence-corrected chi connectivity index (χ2v) is 8.52. The Morgan fingerprint density at radius 2 is 1.81 bits per heavy atom. The molecule has 7 nitrogen and oxygen atoms in total. The maximum atomic E-state index is 11.8. The fourth-order valence-electron chi connectivity index (χ4n) is 2.84. The van der Waals surface area contributed by atoms with Gasteiger partial charge in [0.25, 0.3) is 5.69 Å². The summed E-state index contributed by atoms with van der Waals surface area (Å²) in [6.45, 7) is 0. The second kappa shape index (κ2) is 9.07. The smallest absolute Gasteiger partial charge is 0.342 e. The van der Waals surface area contributed by atoms with Crippen LogP contribution in [-0.2, 0) is 4.79 Å². The van der Waals surface area contributed by atoms with Gasteiger partial charge in [0.05, 0.1) is 20.9 Å². The molecule has 0 amide bonds. The van der Waals surface area contributed by atoms with Crippen molar-refractivity contribution in [1.29, 1.82) is 0 Å². The Labute approximate surface area is 185 Å². The van der Waals surface area contributed by atoms with Crippen molar-refractivity contribution in [3.05, 3.63) is 93.4 Å². The van der Waals surface area contributed by atoms with Crippen LogP contribution in [-0.4, -0.2) is 26.0 Å². The third-order valence-electron chi connectivity index (χ3n) is 4.23. The number of carboxylic acids is 1. The van der Waals surface area contributed by atoms with Crippen LogP contribution in [0.4, 0.5) is 5.69 Å². The van der Waals surface area contributed by atoms with Gasteiger partial charge in [0.1, 0.15) is 4.91 Å². The Hall–Kier alpha value is -3.56. The van der Waals surface area contributed by atoms with Gasteiger partial charge in [-0.05, 0) is 53.7 Å². The molecule has 31 heavy (non-hydrogen) atoms. The van der Waals surface area contributed by atoms with Crippen molar-refractivity contribution in [3.63, 3.8) is 0 Å². The normalized spacial score (nSPS) is 11.5. The Morgan fingerprint density at radius 1 is 1.06 bits per heavy atom. The molecule has 0 aliphatic heterocycles. The number of aromatic nitrogens is 2. The quantitative estimate of drug-likeness (QED) is 0.158. The number of nitrogens with zero attached hydrogens (tertiary/aromatic N) is 2. The minimum absolute atomic E-state index is 0.00295. The van der Waals surface area contributed by atoms with Gasteiger partial charge in [0.2, 0.25) is 0 Å². The molecular weight excluding hydrogens is 434 g/mol. The molecule has 0 unspecified atom stereocenters. The molecule has 0 aliphatic carbocycles. The molecular formula is C22H15N3O4S2.